The molecule has 0 aliphatic heterocycles. The summed E-state index contributed by atoms with van der Waals surface area (Å²) in [6.07, 6.45) is 3.25. The number of hydrogen-bond acceptors (Lipinski definition) is 4. The van der Waals surface area contributed by atoms with Crippen LogP contribution in [0.1, 0.15) is 0 Å². The Morgan fingerprint density at radius 1 is 1.25 bits per heavy atom. The number of rotatable bonds is 0. The lowest BCUT2D eigenvalue weighted by molar-refractivity contribution is 1.06. The molecule has 0 spiro atoms. The van der Waals surface area contributed by atoms with Crippen molar-refractivity contribution in [1.82, 2.24) is 15.2 Å². The van der Waals surface area contributed by atoms with Gasteiger partial charge in [0.15, 0.2) is 11.0 Å². The summed E-state index contributed by atoms with van der Waals surface area (Å²) in [5.41, 5.74) is 5.57. The molecule has 0 bridgehead atoms. The number of nitrogens with zero attached hydrogens (tertiary/aromatic N) is 3. The molecule has 2 rings (SSSR count). The number of halogens is 1. The first-order chi connectivity index (χ1) is 5.79. The molecule has 0 unspecified atom stereocenters. The van der Waals surface area contributed by atoms with E-state index in [-0.39, 0.29) is 0 Å². The number of fused-ring (bicyclic) bond motifs is 1. The van der Waals surface area contributed by atoms with Gasteiger partial charge in [0.25, 0.3) is 0 Å². The quantitative estimate of drug-likeness (QED) is 0.663. The van der Waals surface area contributed by atoms with E-state index < -0.39 is 0 Å². The number of nitrogen functional groups attached to an aromatic ring is 1. The van der Waals surface area contributed by atoms with Crippen molar-refractivity contribution in [1.29, 1.82) is 0 Å². The van der Waals surface area contributed by atoms with Crippen LogP contribution in [0.5, 0.6) is 0 Å². The molecule has 0 aliphatic carbocycles. The van der Waals surface area contributed by atoms with Crippen LogP contribution in [-0.4, -0.2) is 15.2 Å². The van der Waals surface area contributed by atoms with Crippen LogP contribution in [0.2, 0.25) is 5.15 Å². The van der Waals surface area contributed by atoms with E-state index >= 15 is 0 Å². The molecule has 12 heavy (non-hydrogen) atoms. The van der Waals surface area contributed by atoms with Crippen LogP contribution in [0.25, 0.3) is 10.8 Å². The number of hydrogen-bond donors (Lipinski definition) is 1. The maximum absolute atomic E-state index is 5.76. The van der Waals surface area contributed by atoms with Gasteiger partial charge in [0, 0.05) is 23.2 Å². The van der Waals surface area contributed by atoms with Crippen LogP contribution in [-0.2, 0) is 0 Å². The second-order valence-corrected chi connectivity index (χ2v) is 2.66. The molecule has 0 saturated carbocycles. The van der Waals surface area contributed by atoms with E-state index in [0.29, 0.717) is 11.0 Å². The van der Waals surface area contributed by atoms with Crippen LogP contribution in [0.3, 0.4) is 0 Å². The molecule has 0 amide bonds. The highest BCUT2D eigenvalue weighted by Crippen LogP contribution is 2.22. The number of nitrogens with two attached hydrogens (primary N) is 1. The molecule has 0 saturated heterocycles. The number of anilines is 1. The van der Waals surface area contributed by atoms with Crippen molar-refractivity contribution in [2.24, 2.45) is 0 Å². The van der Waals surface area contributed by atoms with E-state index in [9.17, 15) is 0 Å². The minimum Gasteiger partial charge on any atom is -0.382 e. The van der Waals surface area contributed by atoms with Crippen LogP contribution in [0.15, 0.2) is 18.5 Å². The van der Waals surface area contributed by atoms with Gasteiger partial charge in [-0.05, 0) is 6.07 Å². The van der Waals surface area contributed by atoms with Crippen molar-refractivity contribution in [2.75, 3.05) is 5.73 Å². The summed E-state index contributed by atoms with van der Waals surface area (Å²) in [6.45, 7) is 0. The van der Waals surface area contributed by atoms with Crippen molar-refractivity contribution in [2.45, 2.75) is 0 Å². The highest BCUT2D eigenvalue weighted by atomic mass is 35.5. The Labute approximate surface area is 73.4 Å². The Hall–Kier alpha value is -1.42. The Balaban J connectivity index is 2.95. The zero-order chi connectivity index (χ0) is 8.55. The molecular formula is C7H5ClN4. The zero-order valence-electron chi connectivity index (χ0n) is 6.03. The summed E-state index contributed by atoms with van der Waals surface area (Å²) in [6, 6.07) is 1.76. The first-order valence-corrected chi connectivity index (χ1v) is 3.68. The van der Waals surface area contributed by atoms with Crippen LogP contribution in [0, 0.1) is 0 Å². The topological polar surface area (TPSA) is 64.7 Å². The molecule has 0 radical (unpaired) electrons. The van der Waals surface area contributed by atoms with Crippen molar-refractivity contribution < 1.29 is 0 Å². The summed E-state index contributed by atoms with van der Waals surface area (Å²) >= 11 is 5.76. The minimum absolute atomic E-state index is 0.326. The lowest BCUT2D eigenvalue weighted by Crippen LogP contribution is -1.95. The lowest BCUT2D eigenvalue weighted by atomic mass is 10.2. The van der Waals surface area contributed by atoms with E-state index in [0.717, 1.165) is 10.8 Å². The second kappa shape index (κ2) is 2.57. The predicted molar refractivity (Wildman–Crippen MR) is 46.8 cm³/mol. The van der Waals surface area contributed by atoms with E-state index in [1.165, 1.54) is 0 Å². The van der Waals surface area contributed by atoms with E-state index in [4.69, 9.17) is 17.3 Å². The van der Waals surface area contributed by atoms with Crippen LogP contribution < -0.4 is 5.73 Å². The van der Waals surface area contributed by atoms with Gasteiger partial charge in [-0.3, -0.25) is 4.98 Å². The predicted octanol–water partition coefficient (Wildman–Crippen LogP) is 1.26. The Morgan fingerprint density at radius 3 is 2.83 bits per heavy atom. The van der Waals surface area contributed by atoms with E-state index in [2.05, 4.69) is 15.2 Å². The molecule has 0 aromatic carbocycles. The molecule has 0 atom stereocenters. The molecule has 4 nitrogen and oxygen atoms in total. The van der Waals surface area contributed by atoms with Gasteiger partial charge in [-0.25, -0.2) is 0 Å². The van der Waals surface area contributed by atoms with Crippen molar-refractivity contribution >= 4 is 28.2 Å². The van der Waals surface area contributed by atoms with Gasteiger partial charge >= 0.3 is 0 Å². The zero-order valence-corrected chi connectivity index (χ0v) is 6.78. The van der Waals surface area contributed by atoms with Gasteiger partial charge in [-0.15, -0.1) is 10.2 Å². The Morgan fingerprint density at radius 2 is 2.08 bits per heavy atom. The fourth-order valence-electron chi connectivity index (χ4n) is 0.988. The largest absolute Gasteiger partial charge is 0.382 e. The Bertz CT molecular complexity index is 388. The summed E-state index contributed by atoms with van der Waals surface area (Å²) in [5, 5.41) is 9.17. The van der Waals surface area contributed by atoms with Gasteiger partial charge in [-0.1, -0.05) is 11.6 Å². The molecule has 0 fully saturated rings. The maximum Gasteiger partial charge on any atom is 0.161 e. The summed E-state index contributed by atoms with van der Waals surface area (Å²) in [4.78, 5) is 3.91. The summed E-state index contributed by atoms with van der Waals surface area (Å²) in [5.74, 6) is 0.372. The molecular weight excluding hydrogens is 176 g/mol. The van der Waals surface area contributed by atoms with Crippen molar-refractivity contribution in [3.05, 3.63) is 23.6 Å². The average Bonchev–Trinajstić information content (AvgIpc) is 2.12. The van der Waals surface area contributed by atoms with Crippen molar-refractivity contribution in [3.63, 3.8) is 0 Å². The van der Waals surface area contributed by atoms with Gasteiger partial charge in [-0.2, -0.15) is 0 Å². The van der Waals surface area contributed by atoms with Gasteiger partial charge in [0.2, 0.25) is 0 Å². The highest BCUT2D eigenvalue weighted by Gasteiger charge is 2.03. The normalized spacial score (nSPS) is 10.4. The van der Waals surface area contributed by atoms with Gasteiger partial charge in [0.1, 0.15) is 0 Å². The van der Waals surface area contributed by atoms with E-state index in [1.54, 1.807) is 18.5 Å². The minimum atomic E-state index is 0.326. The lowest BCUT2D eigenvalue weighted by Gasteiger charge is -1.99. The first-order valence-electron chi connectivity index (χ1n) is 3.30. The molecule has 0 aliphatic rings. The fraction of sp³-hybridized carbons (Fsp3) is 0. The highest BCUT2D eigenvalue weighted by molar-refractivity contribution is 6.34. The third kappa shape index (κ3) is 0.967. The molecule has 60 valence electrons. The SMILES string of the molecule is Nc1nnc(Cl)c2cnccc12. The van der Waals surface area contributed by atoms with Crippen LogP contribution >= 0.6 is 11.6 Å². The molecule has 2 heterocycles. The standard InChI is InChI=1S/C7H5ClN4/c8-6-5-3-10-2-1-4(5)7(9)12-11-6/h1-3H,(H2,9,12). The van der Waals surface area contributed by atoms with Gasteiger partial charge < -0.3 is 5.73 Å². The maximum atomic E-state index is 5.76. The van der Waals surface area contributed by atoms with Crippen LogP contribution in [0.4, 0.5) is 5.82 Å². The van der Waals surface area contributed by atoms with E-state index in [1.807, 2.05) is 0 Å². The van der Waals surface area contributed by atoms with Gasteiger partial charge in [0.05, 0.1) is 0 Å². The monoisotopic (exact) mass is 180 g/mol. The molecule has 5 heteroatoms. The number of pyridine rings is 1. The summed E-state index contributed by atoms with van der Waals surface area (Å²) in [7, 11) is 0. The number of aromatic nitrogens is 3. The Kier molecular flexibility index (Phi) is 1.55. The first kappa shape index (κ1) is 7.24. The molecule has 2 N–H and O–H groups in total. The average molecular weight is 181 g/mol. The van der Waals surface area contributed by atoms with Crippen molar-refractivity contribution in [3.8, 4) is 0 Å². The second-order valence-electron chi connectivity index (χ2n) is 2.30. The third-order valence-corrected chi connectivity index (χ3v) is 1.84. The smallest absolute Gasteiger partial charge is 0.161 e. The fourth-order valence-corrected chi connectivity index (χ4v) is 1.18. The summed E-state index contributed by atoms with van der Waals surface area (Å²) < 4.78 is 0. The molecule has 2 aromatic heterocycles. The molecule has 2 aromatic rings. The third-order valence-electron chi connectivity index (χ3n) is 1.56.